The lowest BCUT2D eigenvalue weighted by molar-refractivity contribution is -0.138. The fourth-order valence-electron chi connectivity index (χ4n) is 1.74. The molecular weight excluding hydrogens is 272 g/mol. The van der Waals surface area contributed by atoms with Gasteiger partial charge in [-0.15, -0.1) is 0 Å². The molecule has 0 spiro atoms. The molecule has 1 aromatic carbocycles. The van der Waals surface area contributed by atoms with Crippen LogP contribution in [0.15, 0.2) is 24.3 Å². The van der Waals surface area contributed by atoms with Crippen LogP contribution < -0.4 is 10.6 Å². The van der Waals surface area contributed by atoms with E-state index in [-0.39, 0.29) is 12.5 Å². The van der Waals surface area contributed by atoms with E-state index in [0.29, 0.717) is 19.7 Å². The third kappa shape index (κ3) is 6.37. The highest BCUT2D eigenvalue weighted by Gasteiger charge is 2.12. The van der Waals surface area contributed by atoms with Gasteiger partial charge in [-0.2, -0.15) is 0 Å². The number of methoxy groups -OCH3 is 1. The van der Waals surface area contributed by atoms with Crippen molar-refractivity contribution in [2.45, 2.75) is 19.4 Å². The standard InChI is InChI=1S/C15H22N2O4/c1-11(15(19)20)13-5-3-12(4-6-13)9-16-10-14(18)17-7-8-21-2/h3-6,11,16H,7-10H2,1-2H3,(H,17,18)(H,19,20). The first kappa shape index (κ1) is 17.1. The summed E-state index contributed by atoms with van der Waals surface area (Å²) >= 11 is 0. The van der Waals surface area contributed by atoms with Crippen LogP contribution in [-0.2, 0) is 20.9 Å². The Morgan fingerprint density at radius 2 is 1.95 bits per heavy atom. The lowest BCUT2D eigenvalue weighted by Crippen LogP contribution is -2.35. The van der Waals surface area contributed by atoms with Crippen molar-refractivity contribution in [3.8, 4) is 0 Å². The number of rotatable bonds is 9. The average Bonchev–Trinajstić information content (AvgIpc) is 2.47. The molecule has 0 radical (unpaired) electrons. The third-order valence-electron chi connectivity index (χ3n) is 3.09. The van der Waals surface area contributed by atoms with Crippen molar-refractivity contribution in [1.82, 2.24) is 10.6 Å². The molecule has 0 bridgehead atoms. The molecule has 6 heteroatoms. The maximum Gasteiger partial charge on any atom is 0.310 e. The molecule has 1 rings (SSSR count). The molecule has 0 saturated heterocycles. The normalized spacial score (nSPS) is 11.9. The SMILES string of the molecule is COCCNC(=O)CNCc1ccc(C(C)C(=O)O)cc1. The van der Waals surface area contributed by atoms with E-state index in [1.54, 1.807) is 26.2 Å². The van der Waals surface area contributed by atoms with Gasteiger partial charge in [-0.05, 0) is 18.1 Å². The summed E-state index contributed by atoms with van der Waals surface area (Å²) in [6, 6.07) is 7.33. The summed E-state index contributed by atoms with van der Waals surface area (Å²) in [6.45, 7) is 3.43. The molecule has 3 N–H and O–H groups in total. The molecule has 1 aromatic rings. The summed E-state index contributed by atoms with van der Waals surface area (Å²) in [4.78, 5) is 22.3. The van der Waals surface area contributed by atoms with Crippen molar-refractivity contribution >= 4 is 11.9 Å². The first-order chi connectivity index (χ1) is 10.0. The highest BCUT2D eigenvalue weighted by molar-refractivity contribution is 5.78. The summed E-state index contributed by atoms with van der Waals surface area (Å²) in [5.41, 5.74) is 1.77. The van der Waals surface area contributed by atoms with E-state index in [9.17, 15) is 9.59 Å². The Labute approximate surface area is 124 Å². The number of carbonyl (C=O) groups is 2. The van der Waals surface area contributed by atoms with Gasteiger partial charge in [-0.3, -0.25) is 9.59 Å². The van der Waals surface area contributed by atoms with Gasteiger partial charge >= 0.3 is 5.97 Å². The van der Waals surface area contributed by atoms with Gasteiger partial charge < -0.3 is 20.5 Å². The molecule has 21 heavy (non-hydrogen) atoms. The van der Waals surface area contributed by atoms with Gasteiger partial charge in [0, 0.05) is 20.2 Å². The third-order valence-corrected chi connectivity index (χ3v) is 3.09. The van der Waals surface area contributed by atoms with Gasteiger partial charge in [0.25, 0.3) is 0 Å². The Kier molecular flexibility index (Phi) is 7.42. The van der Waals surface area contributed by atoms with E-state index in [0.717, 1.165) is 11.1 Å². The second-order valence-electron chi connectivity index (χ2n) is 4.75. The van der Waals surface area contributed by atoms with Crippen LogP contribution in [0.5, 0.6) is 0 Å². The number of hydrogen-bond donors (Lipinski definition) is 3. The predicted molar refractivity (Wildman–Crippen MR) is 79.1 cm³/mol. The van der Waals surface area contributed by atoms with Crippen LogP contribution in [0.25, 0.3) is 0 Å². The highest BCUT2D eigenvalue weighted by atomic mass is 16.5. The van der Waals surface area contributed by atoms with Crippen LogP contribution in [0.3, 0.4) is 0 Å². The molecule has 0 aliphatic carbocycles. The van der Waals surface area contributed by atoms with E-state index in [2.05, 4.69) is 10.6 Å². The molecule has 0 saturated carbocycles. The average molecular weight is 294 g/mol. The molecule has 0 aliphatic rings. The van der Waals surface area contributed by atoms with Crippen molar-refractivity contribution in [3.63, 3.8) is 0 Å². The van der Waals surface area contributed by atoms with Gasteiger partial charge in [-0.25, -0.2) is 0 Å². The van der Waals surface area contributed by atoms with Crippen LogP contribution in [-0.4, -0.2) is 43.8 Å². The zero-order chi connectivity index (χ0) is 15.7. The summed E-state index contributed by atoms with van der Waals surface area (Å²) < 4.78 is 4.84. The van der Waals surface area contributed by atoms with Gasteiger partial charge in [0.05, 0.1) is 19.1 Å². The molecule has 6 nitrogen and oxygen atoms in total. The van der Waals surface area contributed by atoms with E-state index >= 15 is 0 Å². The summed E-state index contributed by atoms with van der Waals surface area (Å²) in [6.07, 6.45) is 0. The minimum absolute atomic E-state index is 0.0804. The Morgan fingerprint density at radius 3 is 2.52 bits per heavy atom. The molecule has 1 atom stereocenters. The molecule has 1 unspecified atom stereocenters. The first-order valence-corrected chi connectivity index (χ1v) is 6.82. The number of carbonyl (C=O) groups excluding carboxylic acids is 1. The lowest BCUT2D eigenvalue weighted by atomic mass is 10.0. The monoisotopic (exact) mass is 294 g/mol. The summed E-state index contributed by atoms with van der Waals surface area (Å²) in [5, 5.41) is 14.7. The molecular formula is C15H22N2O4. The van der Waals surface area contributed by atoms with Crippen LogP contribution >= 0.6 is 0 Å². The molecule has 0 aromatic heterocycles. The summed E-state index contributed by atoms with van der Waals surface area (Å²) in [7, 11) is 1.58. The van der Waals surface area contributed by atoms with E-state index in [4.69, 9.17) is 9.84 Å². The maximum atomic E-state index is 11.4. The van der Waals surface area contributed by atoms with Gasteiger partial charge in [0.1, 0.15) is 0 Å². The minimum atomic E-state index is -0.839. The van der Waals surface area contributed by atoms with Crippen molar-refractivity contribution in [3.05, 3.63) is 35.4 Å². The van der Waals surface area contributed by atoms with E-state index < -0.39 is 11.9 Å². The Hall–Kier alpha value is -1.92. The fourth-order valence-corrected chi connectivity index (χ4v) is 1.74. The van der Waals surface area contributed by atoms with Crippen molar-refractivity contribution in [2.75, 3.05) is 26.8 Å². The Bertz CT molecular complexity index is 459. The smallest absolute Gasteiger partial charge is 0.310 e. The number of carboxylic acid groups (broad SMARTS) is 1. The first-order valence-electron chi connectivity index (χ1n) is 6.82. The fraction of sp³-hybridized carbons (Fsp3) is 0.467. The van der Waals surface area contributed by atoms with Crippen molar-refractivity contribution < 1.29 is 19.4 Å². The maximum absolute atomic E-state index is 11.4. The van der Waals surface area contributed by atoms with Crippen LogP contribution in [0.4, 0.5) is 0 Å². The van der Waals surface area contributed by atoms with Gasteiger partial charge in [0.15, 0.2) is 0 Å². The Morgan fingerprint density at radius 1 is 1.29 bits per heavy atom. The predicted octanol–water partition coefficient (Wildman–Crippen LogP) is 0.727. The second kappa shape index (κ2) is 9.10. The van der Waals surface area contributed by atoms with Crippen LogP contribution in [0.1, 0.15) is 24.0 Å². The lowest BCUT2D eigenvalue weighted by Gasteiger charge is -2.09. The number of ether oxygens (including phenoxy) is 1. The quantitative estimate of drug-likeness (QED) is 0.584. The van der Waals surface area contributed by atoms with Crippen molar-refractivity contribution in [1.29, 1.82) is 0 Å². The number of benzene rings is 1. The van der Waals surface area contributed by atoms with Gasteiger partial charge in [-0.1, -0.05) is 24.3 Å². The molecule has 116 valence electrons. The molecule has 1 amide bonds. The molecule has 0 fully saturated rings. The number of nitrogens with one attached hydrogen (secondary N) is 2. The zero-order valence-electron chi connectivity index (χ0n) is 12.4. The number of carboxylic acids is 1. The minimum Gasteiger partial charge on any atom is -0.481 e. The number of amides is 1. The number of hydrogen-bond acceptors (Lipinski definition) is 4. The Balaban J connectivity index is 2.33. The molecule has 0 aliphatic heterocycles. The van der Waals surface area contributed by atoms with E-state index in [1.807, 2.05) is 12.1 Å². The molecule has 0 heterocycles. The topological polar surface area (TPSA) is 87.7 Å². The van der Waals surface area contributed by atoms with E-state index in [1.165, 1.54) is 0 Å². The largest absolute Gasteiger partial charge is 0.481 e. The number of aliphatic carboxylic acids is 1. The highest BCUT2D eigenvalue weighted by Crippen LogP contribution is 2.15. The second-order valence-corrected chi connectivity index (χ2v) is 4.75. The van der Waals surface area contributed by atoms with Gasteiger partial charge in [0.2, 0.25) is 5.91 Å². The summed E-state index contributed by atoms with van der Waals surface area (Å²) in [5.74, 6) is -1.43. The van der Waals surface area contributed by atoms with Crippen LogP contribution in [0, 0.1) is 0 Å². The van der Waals surface area contributed by atoms with Crippen LogP contribution in [0.2, 0.25) is 0 Å². The van der Waals surface area contributed by atoms with Crippen molar-refractivity contribution in [2.24, 2.45) is 0 Å². The zero-order valence-corrected chi connectivity index (χ0v) is 12.4.